The number of hydrogen-bond donors (Lipinski definition) is 2. The molecule has 0 saturated carbocycles. The number of aromatic hydroxyl groups is 1. The van der Waals surface area contributed by atoms with Crippen LogP contribution in [0.4, 0.5) is 5.69 Å². The molecule has 116 valence electrons. The number of pyridine rings is 1. The van der Waals surface area contributed by atoms with Gasteiger partial charge in [0, 0.05) is 30.9 Å². The van der Waals surface area contributed by atoms with E-state index in [4.69, 9.17) is 4.74 Å². The smallest absolute Gasteiger partial charge is 0.301 e. The number of methoxy groups -OCH3 is 1. The van der Waals surface area contributed by atoms with Crippen molar-refractivity contribution in [2.24, 2.45) is 0 Å². The van der Waals surface area contributed by atoms with Crippen LogP contribution in [-0.2, 0) is 10.2 Å². The summed E-state index contributed by atoms with van der Waals surface area (Å²) in [6, 6.07) is 8.35. The second kappa shape index (κ2) is 5.47. The van der Waals surface area contributed by atoms with Crippen molar-refractivity contribution in [2.45, 2.75) is 0 Å². The molecule has 1 aliphatic heterocycles. The summed E-state index contributed by atoms with van der Waals surface area (Å²) < 4.78 is 32.4. The summed E-state index contributed by atoms with van der Waals surface area (Å²) in [4.78, 5) is 4.12. The fourth-order valence-corrected chi connectivity index (χ4v) is 3.54. The van der Waals surface area contributed by atoms with E-state index in [9.17, 15) is 13.5 Å². The molecule has 0 spiro atoms. The fraction of sp³-hybridized carbons (Fsp3) is 0.214. The highest BCUT2D eigenvalue weighted by Crippen LogP contribution is 2.34. The van der Waals surface area contributed by atoms with Crippen LogP contribution in [0.3, 0.4) is 0 Å². The Morgan fingerprint density at radius 3 is 2.64 bits per heavy atom. The lowest BCUT2D eigenvalue weighted by Crippen LogP contribution is -2.29. The minimum atomic E-state index is -3.58. The molecule has 7 nitrogen and oxygen atoms in total. The second-order valence-corrected chi connectivity index (χ2v) is 6.44. The van der Waals surface area contributed by atoms with Gasteiger partial charge in [-0.1, -0.05) is 6.07 Å². The largest absolute Gasteiger partial charge is 0.506 e. The van der Waals surface area contributed by atoms with Gasteiger partial charge in [0.1, 0.15) is 5.75 Å². The number of phenolic OH excluding ortho intramolecular Hbond substituents is 1. The summed E-state index contributed by atoms with van der Waals surface area (Å²) >= 11 is 0. The van der Waals surface area contributed by atoms with Crippen molar-refractivity contribution in [1.82, 2.24) is 9.71 Å². The number of rotatable bonds is 3. The molecule has 1 aliphatic rings. The lowest BCUT2D eigenvalue weighted by Gasteiger charge is -2.18. The molecule has 0 unspecified atom stereocenters. The quantitative estimate of drug-likeness (QED) is 0.884. The van der Waals surface area contributed by atoms with Crippen molar-refractivity contribution in [3.05, 3.63) is 36.5 Å². The van der Waals surface area contributed by atoms with Crippen LogP contribution in [0, 0.1) is 0 Å². The maximum absolute atomic E-state index is 11.9. The minimum Gasteiger partial charge on any atom is -0.506 e. The van der Waals surface area contributed by atoms with Crippen molar-refractivity contribution in [2.75, 3.05) is 24.5 Å². The Balaban J connectivity index is 2.02. The van der Waals surface area contributed by atoms with Gasteiger partial charge in [0.25, 0.3) is 0 Å². The molecule has 0 aliphatic carbocycles. The molecule has 1 saturated heterocycles. The van der Waals surface area contributed by atoms with Gasteiger partial charge >= 0.3 is 10.2 Å². The molecule has 3 rings (SSSR count). The molecule has 2 aromatic rings. The van der Waals surface area contributed by atoms with Crippen LogP contribution in [0.25, 0.3) is 11.1 Å². The van der Waals surface area contributed by atoms with Gasteiger partial charge in [-0.2, -0.15) is 13.1 Å². The van der Waals surface area contributed by atoms with Crippen molar-refractivity contribution in [3.8, 4) is 22.8 Å². The Morgan fingerprint density at radius 1 is 1.27 bits per heavy atom. The molecule has 0 atom stereocenters. The first-order valence-electron chi connectivity index (χ1n) is 6.62. The topological polar surface area (TPSA) is 91.8 Å². The van der Waals surface area contributed by atoms with Crippen molar-refractivity contribution in [3.63, 3.8) is 0 Å². The number of phenols is 1. The first-order valence-corrected chi connectivity index (χ1v) is 8.06. The Kier molecular flexibility index (Phi) is 3.63. The zero-order valence-corrected chi connectivity index (χ0v) is 12.7. The van der Waals surface area contributed by atoms with E-state index in [1.165, 1.54) is 13.2 Å². The number of aromatic nitrogens is 1. The first kappa shape index (κ1) is 14.6. The number of ether oxygens (including phenoxy) is 1. The molecule has 0 bridgehead atoms. The molecule has 1 aromatic carbocycles. The van der Waals surface area contributed by atoms with Crippen molar-refractivity contribution in [1.29, 1.82) is 0 Å². The maximum atomic E-state index is 11.9. The summed E-state index contributed by atoms with van der Waals surface area (Å²) in [6.45, 7) is 0.594. The van der Waals surface area contributed by atoms with Crippen LogP contribution in [-0.4, -0.2) is 38.7 Å². The summed E-state index contributed by atoms with van der Waals surface area (Å²) in [6.07, 6.45) is 1.63. The predicted molar refractivity (Wildman–Crippen MR) is 82.2 cm³/mol. The van der Waals surface area contributed by atoms with Gasteiger partial charge in [-0.3, -0.25) is 4.31 Å². The SMILES string of the molecule is COc1ccc(-c2ccc(O)c(N3CCNS3(=O)=O)c2)cn1. The van der Waals surface area contributed by atoms with Gasteiger partial charge in [0.2, 0.25) is 5.88 Å². The predicted octanol–water partition coefficient (Wildman–Crippen LogP) is 1.12. The molecule has 2 N–H and O–H groups in total. The molecular formula is C14H15N3O4S. The number of nitrogens with zero attached hydrogens (tertiary/aromatic N) is 2. The Morgan fingerprint density at radius 2 is 2.05 bits per heavy atom. The van der Waals surface area contributed by atoms with E-state index in [0.29, 0.717) is 12.4 Å². The third-order valence-corrected chi connectivity index (χ3v) is 4.94. The highest BCUT2D eigenvalue weighted by atomic mass is 32.2. The van der Waals surface area contributed by atoms with Gasteiger partial charge in [-0.15, -0.1) is 0 Å². The van der Waals surface area contributed by atoms with Crippen LogP contribution < -0.4 is 13.8 Å². The molecular weight excluding hydrogens is 306 g/mol. The van der Waals surface area contributed by atoms with Gasteiger partial charge in [0.05, 0.1) is 12.8 Å². The number of benzene rings is 1. The van der Waals surface area contributed by atoms with E-state index in [1.807, 2.05) is 6.07 Å². The molecule has 8 heteroatoms. The van der Waals surface area contributed by atoms with Crippen LogP contribution in [0.5, 0.6) is 11.6 Å². The van der Waals surface area contributed by atoms with Crippen LogP contribution in [0.1, 0.15) is 0 Å². The van der Waals surface area contributed by atoms with Crippen LogP contribution in [0.2, 0.25) is 0 Å². The Hall–Kier alpha value is -2.32. The molecule has 1 fully saturated rings. The molecule has 0 amide bonds. The maximum Gasteiger partial charge on any atom is 0.301 e. The van der Waals surface area contributed by atoms with Crippen molar-refractivity contribution < 1.29 is 18.3 Å². The minimum absolute atomic E-state index is 0.0857. The van der Waals surface area contributed by atoms with Crippen molar-refractivity contribution >= 4 is 15.9 Å². The third-order valence-electron chi connectivity index (χ3n) is 3.41. The number of hydrogen-bond acceptors (Lipinski definition) is 5. The summed E-state index contributed by atoms with van der Waals surface area (Å²) in [5.41, 5.74) is 1.80. The van der Waals surface area contributed by atoms with E-state index < -0.39 is 10.2 Å². The highest BCUT2D eigenvalue weighted by Gasteiger charge is 2.30. The number of nitrogens with one attached hydrogen (secondary N) is 1. The average Bonchev–Trinajstić information content (AvgIpc) is 2.87. The number of anilines is 1. The molecule has 22 heavy (non-hydrogen) atoms. The lowest BCUT2D eigenvalue weighted by molar-refractivity contribution is 0.398. The highest BCUT2D eigenvalue weighted by molar-refractivity contribution is 7.91. The standard InChI is InChI=1S/C14H15N3O4S/c1-21-14-5-3-11(9-15-14)10-2-4-13(18)12(8-10)17-7-6-16-22(17,19)20/h2-5,8-9,16,18H,6-7H2,1H3. The Bertz CT molecular complexity index is 790. The normalized spacial score (nSPS) is 16.7. The summed E-state index contributed by atoms with van der Waals surface area (Å²) in [5.74, 6) is 0.409. The van der Waals surface area contributed by atoms with Gasteiger partial charge in [0.15, 0.2) is 0 Å². The monoisotopic (exact) mass is 321 g/mol. The van der Waals surface area contributed by atoms with Gasteiger partial charge in [-0.05, 0) is 23.8 Å². The van der Waals surface area contributed by atoms with Crippen LogP contribution in [0.15, 0.2) is 36.5 Å². The summed E-state index contributed by atoms with van der Waals surface area (Å²) in [5, 5.41) is 9.99. The van der Waals surface area contributed by atoms with E-state index in [-0.39, 0.29) is 18.0 Å². The van der Waals surface area contributed by atoms with E-state index in [2.05, 4.69) is 9.71 Å². The summed E-state index contributed by atoms with van der Waals surface area (Å²) in [7, 11) is -2.05. The Labute approximate surface area is 128 Å². The molecule has 1 aromatic heterocycles. The van der Waals surface area contributed by atoms with E-state index >= 15 is 0 Å². The second-order valence-electron chi connectivity index (χ2n) is 4.76. The average molecular weight is 321 g/mol. The first-order chi connectivity index (χ1) is 10.5. The third kappa shape index (κ3) is 2.58. The van der Waals surface area contributed by atoms with E-state index in [0.717, 1.165) is 15.4 Å². The zero-order chi connectivity index (χ0) is 15.7. The van der Waals surface area contributed by atoms with Gasteiger partial charge in [-0.25, -0.2) is 4.98 Å². The van der Waals surface area contributed by atoms with Crippen LogP contribution >= 0.6 is 0 Å². The van der Waals surface area contributed by atoms with E-state index in [1.54, 1.807) is 24.4 Å². The van der Waals surface area contributed by atoms with Gasteiger partial charge < -0.3 is 9.84 Å². The lowest BCUT2D eigenvalue weighted by atomic mass is 10.1. The zero-order valence-electron chi connectivity index (χ0n) is 11.9. The molecule has 0 radical (unpaired) electrons. The molecule has 2 heterocycles. The fourth-order valence-electron chi connectivity index (χ4n) is 2.30.